The summed E-state index contributed by atoms with van der Waals surface area (Å²) in [5.41, 5.74) is 1.77. The van der Waals surface area contributed by atoms with Crippen LogP contribution in [0.25, 0.3) is 0 Å². The van der Waals surface area contributed by atoms with Crippen LogP contribution in [0.4, 0.5) is 0 Å². The van der Waals surface area contributed by atoms with E-state index in [-0.39, 0.29) is 18.3 Å². The molecule has 0 radical (unpaired) electrons. The molecule has 0 unspecified atom stereocenters. The number of methoxy groups -OCH3 is 1. The van der Waals surface area contributed by atoms with Gasteiger partial charge < -0.3 is 15.4 Å². The molecular formula is C17H27ClN2O2. The number of carbonyl (C=O) groups is 1. The van der Waals surface area contributed by atoms with Crippen LogP contribution in [0.5, 0.6) is 0 Å². The minimum Gasteiger partial charge on any atom is -0.368 e. The predicted molar refractivity (Wildman–Crippen MR) is 91.5 cm³/mol. The minimum absolute atomic E-state index is 0. The van der Waals surface area contributed by atoms with Crippen LogP contribution in [0.2, 0.25) is 0 Å². The number of piperidine rings is 1. The van der Waals surface area contributed by atoms with Crippen molar-refractivity contribution in [1.82, 2.24) is 10.6 Å². The van der Waals surface area contributed by atoms with E-state index in [4.69, 9.17) is 4.74 Å². The number of rotatable bonds is 5. The van der Waals surface area contributed by atoms with E-state index < -0.39 is 5.60 Å². The summed E-state index contributed by atoms with van der Waals surface area (Å²) in [6.07, 6.45) is 1.45. The zero-order valence-corrected chi connectivity index (χ0v) is 14.5. The van der Waals surface area contributed by atoms with Crippen LogP contribution in [-0.4, -0.2) is 31.7 Å². The van der Waals surface area contributed by atoms with Crippen molar-refractivity contribution >= 4 is 18.3 Å². The molecule has 0 bridgehead atoms. The maximum atomic E-state index is 12.4. The van der Waals surface area contributed by atoms with Gasteiger partial charge >= 0.3 is 0 Å². The Kier molecular flexibility index (Phi) is 7.33. The van der Waals surface area contributed by atoms with Crippen molar-refractivity contribution in [1.29, 1.82) is 0 Å². The van der Waals surface area contributed by atoms with Crippen molar-refractivity contribution in [2.45, 2.75) is 44.8 Å². The molecule has 1 aliphatic heterocycles. The van der Waals surface area contributed by atoms with Crippen molar-refractivity contribution in [3.63, 3.8) is 0 Å². The average molecular weight is 327 g/mol. The van der Waals surface area contributed by atoms with Gasteiger partial charge in [0.25, 0.3) is 5.91 Å². The van der Waals surface area contributed by atoms with E-state index in [1.165, 1.54) is 5.56 Å². The van der Waals surface area contributed by atoms with Crippen molar-refractivity contribution in [3.05, 3.63) is 35.4 Å². The molecule has 1 amide bonds. The highest BCUT2D eigenvalue weighted by Gasteiger charge is 2.39. The third kappa shape index (κ3) is 4.45. The molecule has 2 rings (SSSR count). The van der Waals surface area contributed by atoms with Crippen LogP contribution in [0.1, 0.15) is 43.7 Å². The Hall–Kier alpha value is -1.10. The molecule has 4 nitrogen and oxygen atoms in total. The number of nitrogens with one attached hydrogen (secondary N) is 2. The number of hydrogen-bond donors (Lipinski definition) is 2. The van der Waals surface area contributed by atoms with E-state index >= 15 is 0 Å². The second-order valence-electron chi connectivity index (χ2n) is 6.03. The molecule has 5 heteroatoms. The smallest absolute Gasteiger partial charge is 0.252 e. The summed E-state index contributed by atoms with van der Waals surface area (Å²) in [7, 11) is 1.63. The summed E-state index contributed by atoms with van der Waals surface area (Å²) in [5.74, 6) is 0.527. The predicted octanol–water partition coefficient (Wildman–Crippen LogP) is 2.62. The van der Waals surface area contributed by atoms with Crippen LogP contribution in [0.15, 0.2) is 24.3 Å². The molecule has 1 fully saturated rings. The molecule has 22 heavy (non-hydrogen) atoms. The summed E-state index contributed by atoms with van der Waals surface area (Å²) in [5, 5.41) is 6.28. The Labute approximate surface area is 139 Å². The number of carbonyl (C=O) groups excluding carboxylic acids is 1. The van der Waals surface area contributed by atoms with Crippen LogP contribution >= 0.6 is 12.4 Å². The summed E-state index contributed by atoms with van der Waals surface area (Å²) in [6.45, 7) is 6.55. The fourth-order valence-corrected chi connectivity index (χ4v) is 2.72. The Balaban J connectivity index is 0.00000242. The van der Waals surface area contributed by atoms with E-state index in [9.17, 15) is 4.79 Å². The lowest BCUT2D eigenvalue weighted by Crippen LogP contribution is -2.53. The Bertz CT molecular complexity index is 468. The minimum atomic E-state index is -0.664. The highest BCUT2D eigenvalue weighted by molar-refractivity contribution is 5.85. The first-order valence-corrected chi connectivity index (χ1v) is 7.70. The van der Waals surface area contributed by atoms with E-state index in [1.807, 2.05) is 0 Å². The zero-order valence-electron chi connectivity index (χ0n) is 13.6. The molecule has 0 aliphatic carbocycles. The van der Waals surface area contributed by atoms with Gasteiger partial charge in [0.1, 0.15) is 5.60 Å². The lowest BCUT2D eigenvalue weighted by molar-refractivity contribution is -0.146. The molecule has 0 aromatic heterocycles. The fourth-order valence-electron chi connectivity index (χ4n) is 2.72. The third-order valence-electron chi connectivity index (χ3n) is 4.32. The molecule has 124 valence electrons. The number of benzene rings is 1. The van der Waals surface area contributed by atoms with Crippen LogP contribution in [-0.2, 0) is 16.1 Å². The first-order chi connectivity index (χ1) is 10.1. The molecular weight excluding hydrogens is 300 g/mol. The van der Waals surface area contributed by atoms with Gasteiger partial charge in [0.05, 0.1) is 0 Å². The lowest BCUT2D eigenvalue weighted by atomic mass is 9.91. The quantitative estimate of drug-likeness (QED) is 0.874. The second kappa shape index (κ2) is 8.51. The first-order valence-electron chi connectivity index (χ1n) is 7.70. The van der Waals surface area contributed by atoms with Gasteiger partial charge in [-0.1, -0.05) is 38.1 Å². The van der Waals surface area contributed by atoms with Gasteiger partial charge in [-0.2, -0.15) is 0 Å². The Morgan fingerprint density at radius 1 is 1.27 bits per heavy atom. The van der Waals surface area contributed by atoms with Gasteiger partial charge in [-0.15, -0.1) is 12.4 Å². The first kappa shape index (κ1) is 18.9. The monoisotopic (exact) mass is 326 g/mol. The van der Waals surface area contributed by atoms with Crippen molar-refractivity contribution in [3.8, 4) is 0 Å². The van der Waals surface area contributed by atoms with Crippen LogP contribution < -0.4 is 10.6 Å². The number of amides is 1. The number of halogens is 1. The van der Waals surface area contributed by atoms with E-state index in [1.54, 1.807) is 7.11 Å². The number of ether oxygens (including phenoxy) is 1. The van der Waals surface area contributed by atoms with Crippen LogP contribution in [0.3, 0.4) is 0 Å². The summed E-state index contributed by atoms with van der Waals surface area (Å²) in [4.78, 5) is 12.4. The third-order valence-corrected chi connectivity index (χ3v) is 4.32. The highest BCUT2D eigenvalue weighted by atomic mass is 35.5. The maximum absolute atomic E-state index is 12.4. The maximum Gasteiger partial charge on any atom is 0.252 e. The van der Waals surface area contributed by atoms with Crippen molar-refractivity contribution in [2.24, 2.45) is 0 Å². The molecule has 1 aliphatic rings. The summed E-state index contributed by atoms with van der Waals surface area (Å²) < 4.78 is 5.53. The molecule has 1 saturated heterocycles. The molecule has 1 aromatic rings. The van der Waals surface area contributed by atoms with E-state index in [0.29, 0.717) is 12.5 Å². The summed E-state index contributed by atoms with van der Waals surface area (Å²) in [6, 6.07) is 8.42. The van der Waals surface area contributed by atoms with Gasteiger partial charge in [0.15, 0.2) is 0 Å². The average Bonchev–Trinajstić information content (AvgIpc) is 2.53. The SMILES string of the molecule is COC1(C(=O)NCc2ccc(C(C)C)cc2)CCNCC1.Cl. The fraction of sp³-hybridized carbons (Fsp3) is 0.588. The van der Waals surface area contributed by atoms with E-state index in [2.05, 4.69) is 48.7 Å². The van der Waals surface area contributed by atoms with Gasteiger partial charge in [-0.3, -0.25) is 4.79 Å². The summed E-state index contributed by atoms with van der Waals surface area (Å²) >= 11 is 0. The zero-order chi connectivity index (χ0) is 15.3. The normalized spacial score (nSPS) is 16.9. The highest BCUT2D eigenvalue weighted by Crippen LogP contribution is 2.23. The molecule has 0 saturated carbocycles. The molecule has 1 aromatic carbocycles. The van der Waals surface area contributed by atoms with Gasteiger partial charge in [-0.05, 0) is 43.0 Å². The standard InChI is InChI=1S/C17H26N2O2.ClH/c1-13(2)15-6-4-14(5-7-15)12-19-16(20)17(21-3)8-10-18-11-9-17;/h4-7,13,18H,8-12H2,1-3H3,(H,19,20);1H. The Morgan fingerprint density at radius 2 is 1.86 bits per heavy atom. The largest absolute Gasteiger partial charge is 0.368 e. The lowest BCUT2D eigenvalue weighted by Gasteiger charge is -2.34. The Morgan fingerprint density at radius 3 is 2.36 bits per heavy atom. The van der Waals surface area contributed by atoms with Crippen molar-refractivity contribution in [2.75, 3.05) is 20.2 Å². The number of hydrogen-bond acceptors (Lipinski definition) is 3. The molecule has 1 heterocycles. The molecule has 2 N–H and O–H groups in total. The molecule has 0 spiro atoms. The molecule has 0 atom stereocenters. The van der Waals surface area contributed by atoms with E-state index in [0.717, 1.165) is 31.5 Å². The van der Waals surface area contributed by atoms with Gasteiger partial charge in [0.2, 0.25) is 0 Å². The van der Waals surface area contributed by atoms with Crippen molar-refractivity contribution < 1.29 is 9.53 Å². The van der Waals surface area contributed by atoms with Crippen LogP contribution in [0, 0.1) is 0 Å². The second-order valence-corrected chi connectivity index (χ2v) is 6.03. The van der Waals surface area contributed by atoms with Gasteiger partial charge in [0, 0.05) is 13.7 Å². The topological polar surface area (TPSA) is 50.4 Å². The van der Waals surface area contributed by atoms with Gasteiger partial charge in [-0.25, -0.2) is 0 Å².